The van der Waals surface area contributed by atoms with Gasteiger partial charge in [0.05, 0.1) is 18.4 Å². The van der Waals surface area contributed by atoms with Crippen LogP contribution in [-0.4, -0.2) is 13.4 Å². The highest BCUT2D eigenvalue weighted by atomic mass is 35.5. The molecular formula is C15H11ClF6N2O. The van der Waals surface area contributed by atoms with Crippen molar-refractivity contribution in [2.24, 2.45) is 0 Å². The quantitative estimate of drug-likeness (QED) is 0.295. The highest BCUT2D eigenvalue weighted by Gasteiger charge is 2.43. The number of alkyl halides is 6. The monoisotopic (exact) mass is 384 g/mol. The van der Waals surface area contributed by atoms with Gasteiger partial charge in [-0.05, 0) is 30.3 Å². The minimum atomic E-state index is -5.00. The Morgan fingerprint density at radius 2 is 1.52 bits per heavy atom. The molecule has 0 aliphatic rings. The van der Waals surface area contributed by atoms with E-state index in [1.165, 1.54) is 18.2 Å². The number of hydrogen-bond donors (Lipinski definition) is 0. The van der Waals surface area contributed by atoms with Gasteiger partial charge in [0, 0.05) is 11.8 Å². The van der Waals surface area contributed by atoms with Crippen molar-refractivity contribution in [2.45, 2.75) is 12.5 Å². The van der Waals surface area contributed by atoms with Gasteiger partial charge in [-0.3, -0.25) is 0 Å². The summed E-state index contributed by atoms with van der Waals surface area (Å²) in [6.45, 7) is 0. The van der Waals surface area contributed by atoms with Crippen molar-refractivity contribution in [2.75, 3.05) is 16.6 Å². The first kappa shape index (κ1) is 19.0. The van der Waals surface area contributed by atoms with E-state index in [1.54, 1.807) is 0 Å². The third-order valence-corrected chi connectivity index (χ3v) is 3.45. The Hall–Kier alpha value is -2.29. The summed E-state index contributed by atoms with van der Waals surface area (Å²) in [4.78, 5) is 0. The van der Waals surface area contributed by atoms with Gasteiger partial charge in [0.2, 0.25) is 0 Å². The fourth-order valence-corrected chi connectivity index (χ4v) is 2.34. The first-order chi connectivity index (χ1) is 11.6. The SMILES string of the molecule is COc1ccc(C(F)(F)F)cc1N(Cl)N(c1ccccc1)C(F)(F)F. The molecule has 0 fully saturated rings. The normalized spacial score (nSPS) is 12.0. The van der Waals surface area contributed by atoms with Crippen molar-refractivity contribution in [3.8, 4) is 5.75 Å². The Labute approximate surface area is 144 Å². The van der Waals surface area contributed by atoms with E-state index in [1.807, 2.05) is 0 Å². The molecule has 0 bridgehead atoms. The topological polar surface area (TPSA) is 15.7 Å². The highest BCUT2D eigenvalue weighted by molar-refractivity contribution is 6.27. The summed E-state index contributed by atoms with van der Waals surface area (Å²) in [7, 11) is 1.11. The van der Waals surface area contributed by atoms with E-state index in [2.05, 4.69) is 0 Å². The first-order valence-corrected chi connectivity index (χ1v) is 7.02. The molecule has 10 heteroatoms. The Bertz CT molecular complexity index is 720. The van der Waals surface area contributed by atoms with Gasteiger partial charge < -0.3 is 4.74 Å². The lowest BCUT2D eigenvalue weighted by molar-refractivity contribution is -0.137. The van der Waals surface area contributed by atoms with Crippen molar-refractivity contribution < 1.29 is 31.1 Å². The van der Waals surface area contributed by atoms with Crippen LogP contribution in [0.4, 0.5) is 37.7 Å². The third kappa shape index (κ3) is 4.22. The molecule has 25 heavy (non-hydrogen) atoms. The number of ether oxygens (including phenoxy) is 1. The summed E-state index contributed by atoms with van der Waals surface area (Å²) in [6.07, 6.45) is -9.75. The van der Waals surface area contributed by atoms with Crippen molar-refractivity contribution in [1.82, 2.24) is 0 Å². The molecule has 0 amide bonds. The Kier molecular flexibility index (Phi) is 5.26. The largest absolute Gasteiger partial charge is 0.504 e. The van der Waals surface area contributed by atoms with Gasteiger partial charge in [-0.25, -0.2) is 0 Å². The molecule has 0 aliphatic heterocycles. The Morgan fingerprint density at radius 3 is 2.00 bits per heavy atom. The maximum absolute atomic E-state index is 13.4. The maximum atomic E-state index is 13.4. The molecule has 0 N–H and O–H groups in total. The van der Waals surface area contributed by atoms with Crippen LogP contribution in [0, 0.1) is 0 Å². The summed E-state index contributed by atoms with van der Waals surface area (Å²) in [6, 6.07) is 8.45. The molecule has 2 rings (SSSR count). The highest BCUT2D eigenvalue weighted by Crippen LogP contribution is 2.41. The fraction of sp³-hybridized carbons (Fsp3) is 0.200. The molecule has 0 saturated carbocycles. The van der Waals surface area contributed by atoms with E-state index in [0.29, 0.717) is 12.1 Å². The second-order valence-electron chi connectivity index (χ2n) is 4.76. The van der Waals surface area contributed by atoms with Crippen LogP contribution >= 0.6 is 11.8 Å². The molecule has 2 aromatic rings. The molecule has 0 aliphatic carbocycles. The number of halogens is 7. The predicted octanol–water partition coefficient (Wildman–Crippen LogP) is 5.62. The van der Waals surface area contributed by atoms with Gasteiger partial charge in [0.25, 0.3) is 0 Å². The van der Waals surface area contributed by atoms with E-state index in [4.69, 9.17) is 16.5 Å². The second kappa shape index (κ2) is 6.91. The second-order valence-corrected chi connectivity index (χ2v) is 5.08. The summed E-state index contributed by atoms with van der Waals surface area (Å²) >= 11 is 5.79. The number of hydrogen-bond acceptors (Lipinski definition) is 3. The molecule has 0 heterocycles. The zero-order chi connectivity index (χ0) is 18.8. The lowest BCUT2D eigenvalue weighted by Gasteiger charge is -2.34. The van der Waals surface area contributed by atoms with Gasteiger partial charge >= 0.3 is 12.5 Å². The van der Waals surface area contributed by atoms with E-state index in [0.717, 1.165) is 25.3 Å². The van der Waals surface area contributed by atoms with Crippen LogP contribution in [0.25, 0.3) is 0 Å². The molecule has 0 spiro atoms. The van der Waals surface area contributed by atoms with E-state index >= 15 is 0 Å². The lowest BCUT2D eigenvalue weighted by Crippen LogP contribution is -2.47. The van der Waals surface area contributed by atoms with Crippen molar-refractivity contribution in [3.63, 3.8) is 0 Å². The van der Waals surface area contributed by atoms with Gasteiger partial charge in [-0.2, -0.15) is 22.7 Å². The van der Waals surface area contributed by atoms with Crippen molar-refractivity contribution in [3.05, 3.63) is 54.1 Å². The average molecular weight is 385 g/mol. The Balaban J connectivity index is 2.57. The average Bonchev–Trinajstić information content (AvgIpc) is 2.53. The zero-order valence-corrected chi connectivity index (χ0v) is 13.3. The standard InChI is InChI=1S/C15H11ClF6N2O/c1-25-13-8-7-10(14(17,18)19)9-12(13)24(16)23(15(20,21)22)11-5-3-2-4-6-11/h2-9H,1H3. The molecule has 2 aromatic carbocycles. The van der Waals surface area contributed by atoms with Crippen molar-refractivity contribution in [1.29, 1.82) is 0 Å². The molecule has 0 atom stereocenters. The molecule has 136 valence electrons. The van der Waals surface area contributed by atoms with Gasteiger partial charge in [-0.15, -0.1) is 13.2 Å². The minimum Gasteiger partial charge on any atom is -0.494 e. The first-order valence-electron chi connectivity index (χ1n) is 6.68. The maximum Gasteiger partial charge on any atom is 0.504 e. The van der Waals surface area contributed by atoms with Gasteiger partial charge in [0.1, 0.15) is 11.4 Å². The van der Waals surface area contributed by atoms with Crippen LogP contribution in [-0.2, 0) is 6.18 Å². The van der Waals surface area contributed by atoms with E-state index in [-0.39, 0.29) is 21.0 Å². The van der Waals surface area contributed by atoms with Crippen LogP contribution in [0.1, 0.15) is 5.56 Å². The van der Waals surface area contributed by atoms with Gasteiger partial charge in [0.15, 0.2) is 0 Å². The molecule has 0 unspecified atom stereocenters. The summed E-state index contributed by atoms with van der Waals surface area (Å²) < 4.78 is 83.9. The lowest BCUT2D eigenvalue weighted by atomic mass is 10.2. The Morgan fingerprint density at radius 1 is 0.920 bits per heavy atom. The predicted molar refractivity (Wildman–Crippen MR) is 81.3 cm³/mol. The van der Waals surface area contributed by atoms with Gasteiger partial charge in [-0.1, -0.05) is 18.2 Å². The molecule has 0 radical (unpaired) electrons. The van der Waals surface area contributed by atoms with Crippen LogP contribution in [0.15, 0.2) is 48.5 Å². The van der Waals surface area contributed by atoms with Crippen LogP contribution in [0.3, 0.4) is 0 Å². The molecular weight excluding hydrogens is 374 g/mol. The molecule has 0 aromatic heterocycles. The number of benzene rings is 2. The number of rotatable bonds is 4. The summed E-state index contributed by atoms with van der Waals surface area (Å²) in [5, 5.41) is -0.299. The number of nitrogens with zero attached hydrogens (tertiary/aromatic N) is 2. The number of methoxy groups -OCH3 is 1. The zero-order valence-electron chi connectivity index (χ0n) is 12.6. The smallest absolute Gasteiger partial charge is 0.494 e. The van der Waals surface area contributed by atoms with E-state index < -0.39 is 23.7 Å². The minimum absolute atomic E-state index is 0.0450. The van der Waals surface area contributed by atoms with Crippen LogP contribution in [0.2, 0.25) is 0 Å². The summed E-state index contributed by atoms with van der Waals surface area (Å²) in [5.74, 6) is -0.256. The summed E-state index contributed by atoms with van der Waals surface area (Å²) in [5.41, 5.74) is -2.16. The van der Waals surface area contributed by atoms with E-state index in [9.17, 15) is 26.3 Å². The number of anilines is 2. The molecule has 0 saturated heterocycles. The third-order valence-electron chi connectivity index (χ3n) is 3.12. The molecule has 3 nitrogen and oxygen atoms in total. The van der Waals surface area contributed by atoms with Crippen LogP contribution < -0.4 is 14.3 Å². The number of hydrazine groups is 1. The van der Waals surface area contributed by atoms with Crippen molar-refractivity contribution >= 4 is 23.2 Å². The number of para-hydroxylation sites is 1. The fourth-order valence-electron chi connectivity index (χ4n) is 2.03. The van der Waals surface area contributed by atoms with Crippen LogP contribution in [0.5, 0.6) is 5.75 Å².